The van der Waals surface area contributed by atoms with Crippen LogP contribution in [0.15, 0.2) is 16.3 Å². The van der Waals surface area contributed by atoms with Gasteiger partial charge in [0.05, 0.1) is 6.61 Å². The van der Waals surface area contributed by atoms with Gasteiger partial charge in [-0.3, -0.25) is 4.79 Å². The van der Waals surface area contributed by atoms with E-state index in [0.29, 0.717) is 19.7 Å². The summed E-state index contributed by atoms with van der Waals surface area (Å²) in [5.41, 5.74) is 5.44. The molecule has 7 nitrogen and oxygen atoms in total. The predicted molar refractivity (Wildman–Crippen MR) is 76.9 cm³/mol. The Morgan fingerprint density at radius 1 is 1.40 bits per heavy atom. The summed E-state index contributed by atoms with van der Waals surface area (Å²) in [6.07, 6.45) is 0.0814. The first kappa shape index (κ1) is 17.1. The lowest BCUT2D eigenvalue weighted by Crippen LogP contribution is -2.32. The minimum atomic E-state index is -3.56. The largest absolute Gasteiger partial charge is 0.383 e. The molecule has 0 aliphatic heterocycles. The molecule has 1 amide bonds. The van der Waals surface area contributed by atoms with Crippen LogP contribution in [0.5, 0.6) is 0 Å². The maximum atomic E-state index is 11.9. The van der Waals surface area contributed by atoms with Crippen LogP contribution < -0.4 is 15.8 Å². The molecule has 0 atom stereocenters. The number of methoxy groups -OCH3 is 1. The second-order valence-corrected chi connectivity index (χ2v) is 7.08. The first-order valence-electron chi connectivity index (χ1n) is 6.03. The second-order valence-electron chi connectivity index (χ2n) is 3.92. The van der Waals surface area contributed by atoms with Crippen LogP contribution in [0.2, 0.25) is 0 Å². The van der Waals surface area contributed by atoms with E-state index >= 15 is 0 Å². The van der Waals surface area contributed by atoms with Crippen LogP contribution in [-0.2, 0) is 26.1 Å². The highest BCUT2D eigenvalue weighted by molar-refractivity contribution is 7.91. The number of nitrogens with one attached hydrogen (secondary N) is 2. The number of carbonyl (C=O) groups is 1. The summed E-state index contributed by atoms with van der Waals surface area (Å²) in [6.45, 7) is 1.19. The highest BCUT2D eigenvalue weighted by Gasteiger charge is 2.16. The van der Waals surface area contributed by atoms with Crippen LogP contribution in [0.3, 0.4) is 0 Å². The van der Waals surface area contributed by atoms with E-state index in [2.05, 4.69) is 10.0 Å². The van der Waals surface area contributed by atoms with Gasteiger partial charge < -0.3 is 15.8 Å². The molecule has 20 heavy (non-hydrogen) atoms. The van der Waals surface area contributed by atoms with Gasteiger partial charge in [0.15, 0.2) is 0 Å². The quantitative estimate of drug-likeness (QED) is 0.538. The maximum Gasteiger partial charge on any atom is 0.250 e. The van der Waals surface area contributed by atoms with Crippen molar-refractivity contribution in [2.75, 3.05) is 26.8 Å². The van der Waals surface area contributed by atoms with E-state index in [0.717, 1.165) is 16.2 Å². The van der Waals surface area contributed by atoms with E-state index in [9.17, 15) is 13.2 Å². The first-order chi connectivity index (χ1) is 9.49. The van der Waals surface area contributed by atoms with Gasteiger partial charge in [0, 0.05) is 38.0 Å². The van der Waals surface area contributed by atoms with Gasteiger partial charge in [0.1, 0.15) is 4.21 Å². The third kappa shape index (κ3) is 5.55. The monoisotopic (exact) mass is 321 g/mol. The Balaban J connectivity index is 2.38. The molecular formula is C11H19N3O4S2. The van der Waals surface area contributed by atoms with Gasteiger partial charge in [0.25, 0.3) is 0 Å². The molecule has 0 spiro atoms. The molecule has 1 rings (SSSR count). The van der Waals surface area contributed by atoms with Crippen molar-refractivity contribution in [2.24, 2.45) is 5.73 Å². The number of thiophene rings is 1. The minimum absolute atomic E-state index is 0.0526. The van der Waals surface area contributed by atoms with Crippen LogP contribution in [0.1, 0.15) is 11.3 Å². The van der Waals surface area contributed by atoms with Crippen LogP contribution in [0, 0.1) is 0 Å². The standard InChI is InChI=1S/C11H19N3O4S2/c1-18-7-6-13-10(15)4-5-14-20(16,17)11-3-2-9(8-12)19-11/h2-3,14H,4-8,12H2,1H3,(H,13,15). The molecule has 0 saturated carbocycles. The number of rotatable bonds is 9. The van der Waals surface area contributed by atoms with Crippen molar-refractivity contribution >= 4 is 27.3 Å². The molecule has 9 heteroatoms. The van der Waals surface area contributed by atoms with Crippen LogP contribution >= 0.6 is 11.3 Å². The molecule has 0 saturated heterocycles. The fourth-order valence-electron chi connectivity index (χ4n) is 1.36. The highest BCUT2D eigenvalue weighted by atomic mass is 32.2. The molecule has 0 aliphatic rings. The molecule has 0 fully saturated rings. The number of sulfonamides is 1. The number of hydrogen-bond acceptors (Lipinski definition) is 6. The average molecular weight is 321 g/mol. The Bertz CT molecular complexity index is 528. The summed E-state index contributed by atoms with van der Waals surface area (Å²) >= 11 is 1.12. The van der Waals surface area contributed by atoms with Crippen molar-refractivity contribution in [1.29, 1.82) is 0 Å². The summed E-state index contributed by atoms with van der Waals surface area (Å²) in [4.78, 5) is 12.2. The zero-order valence-corrected chi connectivity index (χ0v) is 12.9. The zero-order chi connectivity index (χ0) is 15.0. The van der Waals surface area contributed by atoms with E-state index in [1.54, 1.807) is 6.07 Å². The minimum Gasteiger partial charge on any atom is -0.383 e. The van der Waals surface area contributed by atoms with Crippen LogP contribution in [-0.4, -0.2) is 41.1 Å². The van der Waals surface area contributed by atoms with Gasteiger partial charge in [-0.1, -0.05) is 0 Å². The number of ether oxygens (including phenoxy) is 1. The smallest absolute Gasteiger partial charge is 0.250 e. The normalized spacial score (nSPS) is 11.5. The Hall–Kier alpha value is -1.00. The highest BCUT2D eigenvalue weighted by Crippen LogP contribution is 2.20. The van der Waals surface area contributed by atoms with E-state index in [4.69, 9.17) is 10.5 Å². The number of nitrogens with two attached hydrogens (primary N) is 1. The number of hydrogen-bond donors (Lipinski definition) is 3. The molecule has 0 bridgehead atoms. The molecule has 1 aromatic heterocycles. The van der Waals surface area contributed by atoms with Crippen molar-refractivity contribution in [3.63, 3.8) is 0 Å². The average Bonchev–Trinajstić information content (AvgIpc) is 2.88. The second kappa shape index (κ2) is 8.32. The van der Waals surface area contributed by atoms with Crippen molar-refractivity contribution in [3.8, 4) is 0 Å². The first-order valence-corrected chi connectivity index (χ1v) is 8.33. The Kier molecular flexibility index (Phi) is 7.10. The van der Waals surface area contributed by atoms with Crippen LogP contribution in [0.4, 0.5) is 0 Å². The molecule has 1 heterocycles. The zero-order valence-electron chi connectivity index (χ0n) is 11.2. The number of carbonyl (C=O) groups excluding carboxylic acids is 1. The van der Waals surface area contributed by atoms with E-state index in [1.165, 1.54) is 13.2 Å². The van der Waals surface area contributed by atoms with Gasteiger partial charge in [-0.15, -0.1) is 11.3 Å². The lowest BCUT2D eigenvalue weighted by atomic mass is 10.4. The molecule has 114 valence electrons. The van der Waals surface area contributed by atoms with Gasteiger partial charge >= 0.3 is 0 Å². The van der Waals surface area contributed by atoms with Gasteiger partial charge in [0.2, 0.25) is 15.9 Å². The third-order valence-electron chi connectivity index (χ3n) is 2.38. The summed E-state index contributed by atoms with van der Waals surface area (Å²) < 4.78 is 31.2. The summed E-state index contributed by atoms with van der Waals surface area (Å²) in [5.74, 6) is -0.224. The third-order valence-corrected chi connectivity index (χ3v) is 5.44. The summed E-state index contributed by atoms with van der Waals surface area (Å²) in [7, 11) is -2.02. The van der Waals surface area contributed by atoms with Crippen molar-refractivity contribution in [1.82, 2.24) is 10.0 Å². The van der Waals surface area contributed by atoms with Crippen molar-refractivity contribution in [2.45, 2.75) is 17.2 Å². The van der Waals surface area contributed by atoms with Crippen molar-refractivity contribution < 1.29 is 17.9 Å². The molecule has 0 aliphatic carbocycles. The van der Waals surface area contributed by atoms with Crippen LogP contribution in [0.25, 0.3) is 0 Å². The molecule has 0 radical (unpaired) electrons. The lowest BCUT2D eigenvalue weighted by molar-refractivity contribution is -0.121. The Labute approximate surface area is 122 Å². The summed E-state index contributed by atoms with van der Waals surface area (Å²) in [6, 6.07) is 3.19. The summed E-state index contributed by atoms with van der Waals surface area (Å²) in [5, 5.41) is 2.61. The maximum absolute atomic E-state index is 11.9. The van der Waals surface area contributed by atoms with E-state index in [-0.39, 0.29) is 23.1 Å². The number of amides is 1. The van der Waals surface area contributed by atoms with Gasteiger partial charge in [-0.2, -0.15) is 0 Å². The molecular weight excluding hydrogens is 302 g/mol. The predicted octanol–water partition coefficient (Wildman–Crippen LogP) is -0.362. The Morgan fingerprint density at radius 2 is 2.15 bits per heavy atom. The molecule has 0 unspecified atom stereocenters. The van der Waals surface area contributed by atoms with E-state index < -0.39 is 10.0 Å². The fourth-order valence-corrected chi connectivity index (χ4v) is 3.67. The Morgan fingerprint density at radius 3 is 2.75 bits per heavy atom. The fraction of sp³-hybridized carbons (Fsp3) is 0.545. The van der Waals surface area contributed by atoms with Gasteiger partial charge in [-0.05, 0) is 12.1 Å². The topological polar surface area (TPSA) is 111 Å². The SMILES string of the molecule is COCCNC(=O)CCNS(=O)(=O)c1ccc(CN)s1. The van der Waals surface area contributed by atoms with Crippen molar-refractivity contribution in [3.05, 3.63) is 17.0 Å². The van der Waals surface area contributed by atoms with Gasteiger partial charge in [-0.25, -0.2) is 13.1 Å². The lowest BCUT2D eigenvalue weighted by Gasteiger charge is -2.06. The van der Waals surface area contributed by atoms with E-state index in [1.807, 2.05) is 0 Å². The molecule has 1 aromatic rings. The molecule has 4 N–H and O–H groups in total. The molecule has 0 aromatic carbocycles.